The molecule has 4 amide bonds. The molecule has 1 fully saturated rings. The lowest BCUT2D eigenvalue weighted by atomic mass is 9.90. The molecule has 2 aromatic heterocycles. The molecule has 0 radical (unpaired) electrons. The number of amides is 4. The van der Waals surface area contributed by atoms with Crippen LogP contribution in [0, 0.1) is 13.8 Å². The van der Waals surface area contributed by atoms with Gasteiger partial charge >= 0.3 is 12.2 Å². The number of rotatable bonds is 3. The molecule has 3 aliphatic rings. The first kappa shape index (κ1) is 26.4. The number of carbonyl (C=O) groups is 3. The minimum Gasteiger partial charge on any atom is -0.490 e. The molecular formula is C27H26F3N5O4S. The number of benzene rings is 1. The van der Waals surface area contributed by atoms with Crippen molar-refractivity contribution >= 4 is 29.2 Å². The molecule has 1 N–H and O–H groups in total. The summed E-state index contributed by atoms with van der Waals surface area (Å²) in [5.74, 6) is -1.26. The van der Waals surface area contributed by atoms with E-state index in [-0.39, 0.29) is 13.0 Å². The zero-order chi connectivity index (χ0) is 28.6. The maximum atomic E-state index is 14.0. The van der Waals surface area contributed by atoms with Crippen molar-refractivity contribution in [1.29, 1.82) is 0 Å². The Kier molecular flexibility index (Phi) is 5.98. The third-order valence-electron chi connectivity index (χ3n) is 8.01. The van der Waals surface area contributed by atoms with Gasteiger partial charge in [0.1, 0.15) is 24.4 Å². The summed E-state index contributed by atoms with van der Waals surface area (Å²) in [5.41, 5.74) is 2.69. The summed E-state index contributed by atoms with van der Waals surface area (Å²) in [6.45, 7) is 1.69. The number of hydrogen-bond acceptors (Lipinski definition) is 6. The topological polar surface area (TPSA) is 96.8 Å². The standard InChI is InChI=1S/C27H26F3N5O4S/c1-14-15(2)40-20-11-34(21(27(28,29)30)13-39-23(14)20)22(36)12-35-24(37)26(32-25(35)38)7-6-17-8-16(4-5-19(17)26)18-9-31-33(3)10-18/h4-5,8-10,21H,6-7,11-13H2,1-3H3,(H,32,38)/t21-,26-/m1/s1. The highest BCUT2D eigenvalue weighted by atomic mass is 32.1. The lowest BCUT2D eigenvalue weighted by Crippen LogP contribution is -2.53. The summed E-state index contributed by atoms with van der Waals surface area (Å²) in [7, 11) is 1.81. The molecule has 1 aromatic carbocycles. The normalized spacial score (nSPS) is 22.3. The molecule has 40 heavy (non-hydrogen) atoms. The molecule has 1 saturated heterocycles. The Morgan fingerprint density at radius 2 is 2.02 bits per heavy atom. The number of halogens is 3. The van der Waals surface area contributed by atoms with Gasteiger partial charge in [-0.05, 0) is 43.4 Å². The van der Waals surface area contributed by atoms with Crippen molar-refractivity contribution in [2.45, 2.75) is 51.0 Å². The maximum absolute atomic E-state index is 14.0. The van der Waals surface area contributed by atoms with E-state index >= 15 is 0 Å². The van der Waals surface area contributed by atoms with Gasteiger partial charge in [0.15, 0.2) is 6.04 Å². The largest absolute Gasteiger partial charge is 0.490 e. The van der Waals surface area contributed by atoms with E-state index in [2.05, 4.69) is 10.4 Å². The van der Waals surface area contributed by atoms with Gasteiger partial charge in [-0.15, -0.1) is 11.3 Å². The van der Waals surface area contributed by atoms with Crippen molar-refractivity contribution in [1.82, 2.24) is 24.9 Å². The smallest absolute Gasteiger partial charge is 0.412 e. The maximum Gasteiger partial charge on any atom is 0.412 e. The lowest BCUT2D eigenvalue weighted by Gasteiger charge is -2.31. The van der Waals surface area contributed by atoms with Gasteiger partial charge < -0.3 is 15.0 Å². The number of imide groups is 1. The summed E-state index contributed by atoms with van der Waals surface area (Å²) >= 11 is 1.26. The molecule has 0 saturated carbocycles. The zero-order valence-electron chi connectivity index (χ0n) is 22.0. The van der Waals surface area contributed by atoms with E-state index < -0.39 is 48.8 Å². The van der Waals surface area contributed by atoms with Crippen LogP contribution in [0.2, 0.25) is 0 Å². The Morgan fingerprint density at radius 3 is 2.73 bits per heavy atom. The highest BCUT2D eigenvalue weighted by molar-refractivity contribution is 7.12. The Balaban J connectivity index is 1.26. The zero-order valence-corrected chi connectivity index (χ0v) is 22.8. The molecule has 210 valence electrons. The Morgan fingerprint density at radius 1 is 1.25 bits per heavy atom. The second kappa shape index (κ2) is 9.08. The minimum atomic E-state index is -4.76. The number of thiophene rings is 1. The van der Waals surface area contributed by atoms with Crippen LogP contribution in [-0.2, 0) is 35.1 Å². The SMILES string of the molecule is Cc1sc2c(c1C)OC[C@H](C(F)(F)F)N(C(=O)CN1C(=O)N[C@@]3(CCc4cc(-c5cnn(C)c5)ccc43)C1=O)C2. The molecule has 1 aliphatic carbocycles. The van der Waals surface area contributed by atoms with Gasteiger partial charge in [-0.1, -0.05) is 18.2 Å². The second-order valence-electron chi connectivity index (χ2n) is 10.4. The third kappa shape index (κ3) is 4.05. The molecule has 1 spiro atoms. The van der Waals surface area contributed by atoms with E-state index in [9.17, 15) is 27.6 Å². The molecule has 0 bridgehead atoms. The van der Waals surface area contributed by atoms with Crippen LogP contribution in [0.15, 0.2) is 30.6 Å². The first-order chi connectivity index (χ1) is 18.9. The summed E-state index contributed by atoms with van der Waals surface area (Å²) in [5, 5.41) is 6.93. The molecule has 4 heterocycles. The molecule has 2 atom stereocenters. The van der Waals surface area contributed by atoms with Crippen LogP contribution in [0.1, 0.15) is 32.9 Å². The van der Waals surface area contributed by atoms with Crippen LogP contribution in [-0.4, -0.2) is 62.8 Å². The van der Waals surface area contributed by atoms with Crippen molar-refractivity contribution in [2.24, 2.45) is 7.05 Å². The first-order valence-corrected chi connectivity index (χ1v) is 13.5. The number of aryl methyl sites for hydroxylation is 3. The predicted molar refractivity (Wildman–Crippen MR) is 139 cm³/mol. The number of ether oxygens (including phenoxy) is 1. The average molecular weight is 574 g/mol. The highest BCUT2D eigenvalue weighted by Gasteiger charge is 2.56. The molecular weight excluding hydrogens is 547 g/mol. The summed E-state index contributed by atoms with van der Waals surface area (Å²) < 4.78 is 49.3. The van der Waals surface area contributed by atoms with E-state index in [0.717, 1.165) is 32.0 Å². The fourth-order valence-electron chi connectivity index (χ4n) is 5.79. The molecule has 3 aromatic rings. The van der Waals surface area contributed by atoms with Gasteiger partial charge in [0.2, 0.25) is 5.91 Å². The number of carbonyl (C=O) groups excluding carboxylic acids is 3. The lowest BCUT2D eigenvalue weighted by molar-refractivity contribution is -0.195. The number of nitrogens with one attached hydrogen (secondary N) is 1. The van der Waals surface area contributed by atoms with E-state index in [1.54, 1.807) is 23.9 Å². The van der Waals surface area contributed by atoms with Crippen molar-refractivity contribution in [2.75, 3.05) is 13.2 Å². The predicted octanol–water partition coefficient (Wildman–Crippen LogP) is 3.81. The van der Waals surface area contributed by atoms with Gasteiger partial charge in [0, 0.05) is 29.2 Å². The van der Waals surface area contributed by atoms with Crippen LogP contribution >= 0.6 is 11.3 Å². The third-order valence-corrected chi connectivity index (χ3v) is 9.19. The molecule has 2 aliphatic heterocycles. The number of hydrogen-bond donors (Lipinski definition) is 1. The van der Waals surface area contributed by atoms with Crippen molar-refractivity contribution in [3.63, 3.8) is 0 Å². The van der Waals surface area contributed by atoms with E-state index in [1.165, 1.54) is 11.3 Å². The number of urea groups is 1. The monoisotopic (exact) mass is 573 g/mol. The van der Waals surface area contributed by atoms with Crippen LogP contribution < -0.4 is 10.1 Å². The van der Waals surface area contributed by atoms with Gasteiger partial charge in [-0.25, -0.2) is 4.79 Å². The Hall–Kier alpha value is -3.87. The Labute approximate surface area is 231 Å². The van der Waals surface area contributed by atoms with E-state index in [0.29, 0.717) is 27.5 Å². The van der Waals surface area contributed by atoms with Gasteiger partial charge in [0.05, 0.1) is 17.6 Å². The van der Waals surface area contributed by atoms with Crippen molar-refractivity contribution in [3.8, 4) is 16.9 Å². The van der Waals surface area contributed by atoms with Gasteiger partial charge in [0.25, 0.3) is 5.91 Å². The fraction of sp³-hybridized carbons (Fsp3) is 0.407. The van der Waals surface area contributed by atoms with Crippen molar-refractivity contribution in [3.05, 3.63) is 57.0 Å². The minimum absolute atomic E-state index is 0.286. The molecule has 9 nitrogen and oxygen atoms in total. The number of aromatic nitrogens is 2. The summed E-state index contributed by atoms with van der Waals surface area (Å²) in [6, 6.07) is 2.54. The summed E-state index contributed by atoms with van der Waals surface area (Å²) in [4.78, 5) is 42.9. The quantitative estimate of drug-likeness (QED) is 0.481. The van der Waals surface area contributed by atoms with Crippen LogP contribution in [0.25, 0.3) is 11.1 Å². The number of nitrogens with zero attached hydrogens (tertiary/aromatic N) is 4. The highest BCUT2D eigenvalue weighted by Crippen LogP contribution is 2.43. The van der Waals surface area contributed by atoms with Crippen molar-refractivity contribution < 1.29 is 32.3 Å². The van der Waals surface area contributed by atoms with Crippen LogP contribution in [0.5, 0.6) is 5.75 Å². The van der Waals surface area contributed by atoms with Crippen LogP contribution in [0.3, 0.4) is 0 Å². The number of alkyl halides is 3. The van der Waals surface area contributed by atoms with Gasteiger partial charge in [-0.2, -0.15) is 18.3 Å². The average Bonchev–Trinajstić information content (AvgIpc) is 3.58. The van der Waals surface area contributed by atoms with Crippen LogP contribution in [0.4, 0.5) is 18.0 Å². The summed E-state index contributed by atoms with van der Waals surface area (Å²) in [6.07, 6.45) is -0.370. The number of fused-ring (bicyclic) bond motifs is 3. The van der Waals surface area contributed by atoms with E-state index in [1.807, 2.05) is 32.3 Å². The van der Waals surface area contributed by atoms with Gasteiger partial charge in [-0.3, -0.25) is 19.2 Å². The first-order valence-electron chi connectivity index (χ1n) is 12.7. The van der Waals surface area contributed by atoms with E-state index in [4.69, 9.17) is 4.74 Å². The Bertz CT molecular complexity index is 1560. The fourth-order valence-corrected chi connectivity index (χ4v) is 6.91. The second-order valence-corrected chi connectivity index (χ2v) is 11.7. The molecule has 0 unspecified atom stereocenters. The molecule has 6 rings (SSSR count). The molecule has 13 heteroatoms.